The van der Waals surface area contributed by atoms with Gasteiger partial charge in [0, 0.05) is 37.1 Å². The lowest BCUT2D eigenvalue weighted by Gasteiger charge is -2.34. The summed E-state index contributed by atoms with van der Waals surface area (Å²) in [5.41, 5.74) is 5.85. The zero-order valence-electron chi connectivity index (χ0n) is 20.7. The molecular formula is C28H35N3O3. The van der Waals surface area contributed by atoms with Gasteiger partial charge < -0.3 is 19.3 Å². The number of likely N-dealkylation sites (tertiary alicyclic amines) is 1. The first-order valence-electron chi connectivity index (χ1n) is 12.2. The van der Waals surface area contributed by atoms with Crippen LogP contribution in [-0.4, -0.2) is 52.5 Å². The van der Waals surface area contributed by atoms with Crippen molar-refractivity contribution in [3.63, 3.8) is 0 Å². The molecule has 1 aromatic heterocycles. The van der Waals surface area contributed by atoms with Crippen LogP contribution in [0.4, 0.5) is 0 Å². The molecule has 0 spiro atoms. The number of aliphatic hydroxyl groups is 1. The van der Waals surface area contributed by atoms with Crippen molar-refractivity contribution in [1.29, 1.82) is 0 Å². The number of carbonyl (C=O) groups is 1. The number of carbonyl (C=O) groups excluding carboxylic acids is 1. The van der Waals surface area contributed by atoms with Gasteiger partial charge in [-0.15, -0.1) is 0 Å². The van der Waals surface area contributed by atoms with Gasteiger partial charge in [-0.2, -0.15) is 0 Å². The van der Waals surface area contributed by atoms with Crippen LogP contribution < -0.4 is 0 Å². The van der Waals surface area contributed by atoms with Gasteiger partial charge in [0.1, 0.15) is 11.3 Å². The van der Waals surface area contributed by atoms with Crippen LogP contribution in [0.1, 0.15) is 55.2 Å². The monoisotopic (exact) mass is 461 g/mol. The molecule has 2 aromatic rings. The van der Waals surface area contributed by atoms with E-state index in [1.807, 2.05) is 6.08 Å². The van der Waals surface area contributed by atoms with E-state index in [4.69, 9.17) is 4.74 Å². The molecule has 180 valence electrons. The molecule has 1 saturated heterocycles. The van der Waals surface area contributed by atoms with Gasteiger partial charge in [0.05, 0.1) is 12.3 Å². The fourth-order valence-electron chi connectivity index (χ4n) is 5.13. The Bertz CT molecular complexity index is 1130. The van der Waals surface area contributed by atoms with Gasteiger partial charge in [0.15, 0.2) is 5.76 Å². The number of benzene rings is 1. The van der Waals surface area contributed by atoms with E-state index in [9.17, 15) is 9.90 Å². The summed E-state index contributed by atoms with van der Waals surface area (Å²) in [6, 6.07) is 13.3. The summed E-state index contributed by atoms with van der Waals surface area (Å²) >= 11 is 0. The largest absolute Gasteiger partial charge is 0.505 e. The Hall–Kier alpha value is -3.12. The minimum absolute atomic E-state index is 0.104. The van der Waals surface area contributed by atoms with E-state index < -0.39 is 5.97 Å². The van der Waals surface area contributed by atoms with Crippen LogP contribution in [0.2, 0.25) is 0 Å². The molecule has 0 bridgehead atoms. The highest BCUT2D eigenvalue weighted by atomic mass is 16.5. The Labute approximate surface area is 202 Å². The number of hydrogen-bond acceptors (Lipinski definition) is 5. The first kappa shape index (κ1) is 24.0. The number of aryl methyl sites for hydroxylation is 1. The van der Waals surface area contributed by atoms with Crippen molar-refractivity contribution in [3.05, 3.63) is 75.9 Å². The van der Waals surface area contributed by atoms with Gasteiger partial charge in [0.2, 0.25) is 0 Å². The van der Waals surface area contributed by atoms with E-state index in [1.165, 1.54) is 11.3 Å². The van der Waals surface area contributed by atoms with Gasteiger partial charge >= 0.3 is 5.97 Å². The Balaban J connectivity index is 1.45. The SMILES string of the molecule is CCOC(=O)C1=C(O)/C(=C\c2cc(C)n(C3CCN(CCc4ccccc4)CC3)c2C)N=C1C. The van der Waals surface area contributed by atoms with Crippen LogP contribution in [-0.2, 0) is 16.0 Å². The normalized spacial score (nSPS) is 18.6. The van der Waals surface area contributed by atoms with Gasteiger partial charge in [-0.25, -0.2) is 9.79 Å². The first-order valence-corrected chi connectivity index (χ1v) is 12.2. The summed E-state index contributed by atoms with van der Waals surface area (Å²) in [4.78, 5) is 19.2. The molecule has 3 heterocycles. The van der Waals surface area contributed by atoms with Crippen molar-refractivity contribution in [3.8, 4) is 0 Å². The van der Waals surface area contributed by atoms with Crippen molar-refractivity contribution in [2.45, 2.75) is 53.0 Å². The van der Waals surface area contributed by atoms with Gasteiger partial charge in [-0.1, -0.05) is 30.3 Å². The second-order valence-corrected chi connectivity index (χ2v) is 9.18. The van der Waals surface area contributed by atoms with Crippen molar-refractivity contribution >= 4 is 17.8 Å². The molecule has 2 aliphatic rings. The summed E-state index contributed by atoms with van der Waals surface area (Å²) in [5, 5.41) is 10.6. The highest BCUT2D eigenvalue weighted by molar-refractivity contribution is 6.22. The van der Waals surface area contributed by atoms with Crippen LogP contribution in [0.15, 0.2) is 58.4 Å². The van der Waals surface area contributed by atoms with E-state index in [-0.39, 0.29) is 17.9 Å². The van der Waals surface area contributed by atoms with Crippen molar-refractivity contribution in [1.82, 2.24) is 9.47 Å². The van der Waals surface area contributed by atoms with Crippen LogP contribution >= 0.6 is 0 Å². The maximum Gasteiger partial charge on any atom is 0.343 e. The molecule has 0 radical (unpaired) electrons. The molecule has 34 heavy (non-hydrogen) atoms. The van der Waals surface area contributed by atoms with E-state index >= 15 is 0 Å². The molecule has 1 fully saturated rings. The second kappa shape index (κ2) is 10.4. The molecule has 6 nitrogen and oxygen atoms in total. The number of aliphatic imine (C=N–C) groups is 1. The zero-order chi connectivity index (χ0) is 24.2. The number of hydrogen-bond donors (Lipinski definition) is 1. The smallest absolute Gasteiger partial charge is 0.343 e. The maximum atomic E-state index is 12.2. The predicted molar refractivity (Wildman–Crippen MR) is 136 cm³/mol. The molecule has 0 amide bonds. The lowest BCUT2D eigenvalue weighted by molar-refractivity contribution is -0.138. The average molecular weight is 462 g/mol. The molecule has 1 N–H and O–H groups in total. The van der Waals surface area contributed by atoms with E-state index in [2.05, 4.69) is 64.7 Å². The fourth-order valence-corrected chi connectivity index (χ4v) is 5.13. The lowest BCUT2D eigenvalue weighted by Crippen LogP contribution is -2.36. The molecular weight excluding hydrogens is 426 g/mol. The van der Waals surface area contributed by atoms with Crippen LogP contribution in [0, 0.1) is 13.8 Å². The first-order chi connectivity index (χ1) is 16.4. The summed E-state index contributed by atoms with van der Waals surface area (Å²) in [6.45, 7) is 11.3. The number of aliphatic hydroxyl groups excluding tert-OH is 1. The summed E-state index contributed by atoms with van der Waals surface area (Å²) in [6.07, 6.45) is 5.21. The minimum atomic E-state index is -0.533. The second-order valence-electron chi connectivity index (χ2n) is 9.18. The topological polar surface area (TPSA) is 67.1 Å². The van der Waals surface area contributed by atoms with Crippen molar-refractivity contribution in [2.24, 2.45) is 4.99 Å². The van der Waals surface area contributed by atoms with Gasteiger partial charge in [0.25, 0.3) is 0 Å². The molecule has 0 atom stereocenters. The minimum Gasteiger partial charge on any atom is -0.505 e. The number of aromatic nitrogens is 1. The highest BCUT2D eigenvalue weighted by Gasteiger charge is 2.28. The van der Waals surface area contributed by atoms with Crippen molar-refractivity contribution in [2.75, 3.05) is 26.2 Å². The Morgan fingerprint density at radius 1 is 1.18 bits per heavy atom. The molecule has 0 unspecified atom stereocenters. The maximum absolute atomic E-state index is 12.2. The number of rotatable bonds is 7. The zero-order valence-corrected chi connectivity index (χ0v) is 20.7. The Kier molecular flexibility index (Phi) is 7.37. The molecule has 2 aliphatic heterocycles. The number of nitrogens with zero attached hydrogens (tertiary/aromatic N) is 3. The molecule has 6 heteroatoms. The number of esters is 1. The van der Waals surface area contributed by atoms with Gasteiger partial charge in [-0.05, 0) is 70.2 Å². The van der Waals surface area contributed by atoms with E-state index in [0.717, 1.165) is 50.2 Å². The third-order valence-electron chi connectivity index (χ3n) is 6.91. The van der Waals surface area contributed by atoms with Crippen LogP contribution in [0.3, 0.4) is 0 Å². The summed E-state index contributed by atoms with van der Waals surface area (Å²) in [5.74, 6) is -0.637. The van der Waals surface area contributed by atoms with E-state index in [1.54, 1.807) is 13.8 Å². The van der Waals surface area contributed by atoms with Gasteiger partial charge in [-0.3, -0.25) is 0 Å². The standard InChI is InChI=1S/C28H35N3O3/c1-5-34-28(33)26-20(3)29-25(27(26)32)18-23-17-19(2)31(21(23)4)24-12-15-30(16-13-24)14-11-22-9-7-6-8-10-22/h6-10,17-18,24,32H,5,11-16H2,1-4H3/b25-18+. The third kappa shape index (κ3) is 5.02. The average Bonchev–Trinajstić information content (AvgIpc) is 3.27. The Morgan fingerprint density at radius 2 is 1.88 bits per heavy atom. The molecule has 4 rings (SSSR count). The summed E-state index contributed by atoms with van der Waals surface area (Å²) < 4.78 is 7.50. The Morgan fingerprint density at radius 3 is 2.56 bits per heavy atom. The highest BCUT2D eigenvalue weighted by Crippen LogP contribution is 2.32. The number of ether oxygens (including phenoxy) is 1. The predicted octanol–water partition coefficient (Wildman–Crippen LogP) is 5.18. The quantitative estimate of drug-likeness (QED) is 0.577. The third-order valence-corrected chi connectivity index (χ3v) is 6.91. The van der Waals surface area contributed by atoms with Crippen LogP contribution in [0.25, 0.3) is 6.08 Å². The van der Waals surface area contributed by atoms with Crippen LogP contribution in [0.5, 0.6) is 0 Å². The van der Waals surface area contributed by atoms with E-state index in [0.29, 0.717) is 17.5 Å². The lowest BCUT2D eigenvalue weighted by atomic mass is 10.0. The molecule has 0 aliphatic carbocycles. The molecule has 1 aromatic carbocycles. The van der Waals surface area contributed by atoms with Crippen molar-refractivity contribution < 1.29 is 14.6 Å². The summed E-state index contributed by atoms with van der Waals surface area (Å²) in [7, 11) is 0. The molecule has 0 saturated carbocycles. The fraction of sp³-hybridized carbons (Fsp3) is 0.429. The number of piperidine rings is 1.